The first-order valence-corrected chi connectivity index (χ1v) is 6.89. The van der Waals surface area contributed by atoms with Gasteiger partial charge < -0.3 is 5.32 Å². The minimum atomic E-state index is -0.505. The van der Waals surface area contributed by atoms with Gasteiger partial charge in [-0.2, -0.15) is 0 Å². The summed E-state index contributed by atoms with van der Waals surface area (Å²) in [4.78, 5) is 0. The summed E-state index contributed by atoms with van der Waals surface area (Å²) >= 11 is 0. The zero-order chi connectivity index (χ0) is 13.0. The van der Waals surface area contributed by atoms with E-state index < -0.39 is 11.6 Å². The largest absolute Gasteiger partial charge is 0.310 e. The number of halogens is 2. The molecule has 0 spiro atoms. The van der Waals surface area contributed by atoms with Gasteiger partial charge in [-0.15, -0.1) is 0 Å². The molecular formula is C15H21F2N. The van der Waals surface area contributed by atoms with E-state index in [1.807, 2.05) is 0 Å². The number of hydrogen-bond donors (Lipinski definition) is 1. The third-order valence-corrected chi connectivity index (χ3v) is 3.77. The summed E-state index contributed by atoms with van der Waals surface area (Å²) in [5, 5.41) is 3.38. The van der Waals surface area contributed by atoms with Gasteiger partial charge in [-0.05, 0) is 31.4 Å². The average molecular weight is 253 g/mol. The molecule has 3 heteroatoms. The molecule has 1 fully saturated rings. The van der Waals surface area contributed by atoms with Crippen LogP contribution in [0.5, 0.6) is 0 Å². The lowest BCUT2D eigenvalue weighted by Crippen LogP contribution is -2.27. The van der Waals surface area contributed by atoms with E-state index >= 15 is 0 Å². The van der Waals surface area contributed by atoms with Crippen molar-refractivity contribution in [3.8, 4) is 0 Å². The second-order valence-electron chi connectivity index (χ2n) is 5.21. The summed E-state index contributed by atoms with van der Waals surface area (Å²) in [6.45, 7) is 2.96. The highest BCUT2D eigenvalue weighted by Gasteiger charge is 2.24. The zero-order valence-corrected chi connectivity index (χ0v) is 10.9. The average Bonchev–Trinajstić information content (AvgIpc) is 2.28. The SMILES string of the molecule is CCCNC(CC1CCC1)c1ccc(F)cc1F. The molecule has 0 heterocycles. The van der Waals surface area contributed by atoms with Crippen molar-refractivity contribution in [1.82, 2.24) is 5.32 Å². The predicted octanol–water partition coefficient (Wildman–Crippen LogP) is 4.20. The third-order valence-electron chi connectivity index (χ3n) is 3.77. The van der Waals surface area contributed by atoms with E-state index in [2.05, 4.69) is 12.2 Å². The van der Waals surface area contributed by atoms with Crippen molar-refractivity contribution in [2.75, 3.05) is 6.54 Å². The van der Waals surface area contributed by atoms with Crippen molar-refractivity contribution in [3.63, 3.8) is 0 Å². The van der Waals surface area contributed by atoms with Gasteiger partial charge in [0.25, 0.3) is 0 Å². The Balaban J connectivity index is 2.09. The van der Waals surface area contributed by atoms with E-state index in [4.69, 9.17) is 0 Å². The van der Waals surface area contributed by atoms with Gasteiger partial charge in [0.1, 0.15) is 11.6 Å². The molecule has 0 radical (unpaired) electrons. The van der Waals surface area contributed by atoms with Crippen molar-refractivity contribution in [1.29, 1.82) is 0 Å². The summed E-state index contributed by atoms with van der Waals surface area (Å²) < 4.78 is 26.8. The molecule has 1 nitrogen and oxygen atoms in total. The molecule has 0 amide bonds. The minimum Gasteiger partial charge on any atom is -0.310 e. The fraction of sp³-hybridized carbons (Fsp3) is 0.600. The zero-order valence-electron chi connectivity index (χ0n) is 10.9. The van der Waals surface area contributed by atoms with Crippen molar-refractivity contribution in [2.45, 2.75) is 45.1 Å². The van der Waals surface area contributed by atoms with Gasteiger partial charge in [-0.1, -0.05) is 32.3 Å². The molecule has 0 aromatic heterocycles. The lowest BCUT2D eigenvalue weighted by Gasteiger charge is -2.30. The van der Waals surface area contributed by atoms with E-state index in [1.165, 1.54) is 25.3 Å². The standard InChI is InChI=1S/C15H21F2N/c1-2-8-18-15(9-11-4-3-5-11)13-7-6-12(16)10-14(13)17/h6-7,10-11,15,18H,2-5,8-9H2,1H3. The Morgan fingerprint density at radius 2 is 2.11 bits per heavy atom. The Hall–Kier alpha value is -0.960. The molecule has 1 N–H and O–H groups in total. The highest BCUT2D eigenvalue weighted by Crippen LogP contribution is 2.35. The van der Waals surface area contributed by atoms with Gasteiger partial charge in [0.15, 0.2) is 0 Å². The summed E-state index contributed by atoms with van der Waals surface area (Å²) in [6, 6.07) is 3.93. The van der Waals surface area contributed by atoms with Crippen LogP contribution in [0.15, 0.2) is 18.2 Å². The first kappa shape index (κ1) is 13.5. The fourth-order valence-electron chi connectivity index (χ4n) is 2.48. The molecule has 1 atom stereocenters. The van der Waals surface area contributed by atoms with Gasteiger partial charge in [0.2, 0.25) is 0 Å². The summed E-state index contributed by atoms with van der Waals surface area (Å²) in [5.74, 6) is -0.235. The molecule has 100 valence electrons. The third kappa shape index (κ3) is 3.29. The van der Waals surface area contributed by atoms with Crippen LogP contribution in [-0.4, -0.2) is 6.54 Å². The van der Waals surface area contributed by atoms with Crippen LogP contribution in [0, 0.1) is 17.6 Å². The lowest BCUT2D eigenvalue weighted by molar-refractivity contribution is 0.259. The molecule has 1 aliphatic rings. The Morgan fingerprint density at radius 3 is 2.67 bits per heavy atom. The van der Waals surface area contributed by atoms with Crippen molar-refractivity contribution in [3.05, 3.63) is 35.4 Å². The van der Waals surface area contributed by atoms with E-state index in [0.717, 1.165) is 25.5 Å². The number of benzene rings is 1. The van der Waals surface area contributed by atoms with Crippen LogP contribution in [0.2, 0.25) is 0 Å². The Labute approximate surface area is 108 Å². The molecule has 0 aliphatic heterocycles. The van der Waals surface area contributed by atoms with Gasteiger partial charge >= 0.3 is 0 Å². The second kappa shape index (κ2) is 6.28. The molecule has 0 bridgehead atoms. The van der Waals surface area contributed by atoms with Crippen LogP contribution in [0.1, 0.15) is 50.6 Å². The Bertz CT molecular complexity index is 388. The Morgan fingerprint density at radius 1 is 1.33 bits per heavy atom. The van der Waals surface area contributed by atoms with Gasteiger partial charge in [-0.3, -0.25) is 0 Å². The number of nitrogens with one attached hydrogen (secondary N) is 1. The number of hydrogen-bond acceptors (Lipinski definition) is 1. The molecule has 1 saturated carbocycles. The Kier molecular flexibility index (Phi) is 4.70. The maximum absolute atomic E-state index is 13.8. The van der Waals surface area contributed by atoms with Crippen LogP contribution in [0.4, 0.5) is 8.78 Å². The summed E-state index contributed by atoms with van der Waals surface area (Å²) in [6.07, 6.45) is 5.75. The van der Waals surface area contributed by atoms with Crippen molar-refractivity contribution < 1.29 is 8.78 Å². The molecule has 1 aliphatic carbocycles. The summed E-state index contributed by atoms with van der Waals surface area (Å²) in [7, 11) is 0. The molecule has 1 aromatic rings. The monoisotopic (exact) mass is 253 g/mol. The van der Waals surface area contributed by atoms with E-state index in [1.54, 1.807) is 6.07 Å². The molecule has 0 saturated heterocycles. The topological polar surface area (TPSA) is 12.0 Å². The van der Waals surface area contributed by atoms with Crippen LogP contribution < -0.4 is 5.32 Å². The summed E-state index contributed by atoms with van der Waals surface area (Å²) in [5.41, 5.74) is 0.608. The smallest absolute Gasteiger partial charge is 0.130 e. The van der Waals surface area contributed by atoms with E-state index in [-0.39, 0.29) is 6.04 Å². The van der Waals surface area contributed by atoms with Crippen LogP contribution in [0.25, 0.3) is 0 Å². The maximum atomic E-state index is 13.8. The quantitative estimate of drug-likeness (QED) is 0.801. The molecule has 1 unspecified atom stereocenters. The lowest BCUT2D eigenvalue weighted by atomic mass is 9.79. The highest BCUT2D eigenvalue weighted by atomic mass is 19.1. The molecule has 1 aromatic carbocycles. The first-order chi connectivity index (χ1) is 8.70. The van der Waals surface area contributed by atoms with E-state index in [9.17, 15) is 8.78 Å². The predicted molar refractivity (Wildman–Crippen MR) is 69.4 cm³/mol. The van der Waals surface area contributed by atoms with Crippen molar-refractivity contribution >= 4 is 0 Å². The van der Waals surface area contributed by atoms with Crippen LogP contribution in [0.3, 0.4) is 0 Å². The van der Waals surface area contributed by atoms with Crippen LogP contribution >= 0.6 is 0 Å². The van der Waals surface area contributed by atoms with Gasteiger partial charge in [0.05, 0.1) is 0 Å². The van der Waals surface area contributed by atoms with Gasteiger partial charge in [-0.25, -0.2) is 8.78 Å². The van der Waals surface area contributed by atoms with Crippen molar-refractivity contribution in [2.24, 2.45) is 5.92 Å². The van der Waals surface area contributed by atoms with E-state index in [0.29, 0.717) is 11.5 Å². The maximum Gasteiger partial charge on any atom is 0.130 e. The molecule has 18 heavy (non-hydrogen) atoms. The minimum absolute atomic E-state index is 0.0239. The molecule has 2 rings (SSSR count). The van der Waals surface area contributed by atoms with Gasteiger partial charge in [0, 0.05) is 17.7 Å². The first-order valence-electron chi connectivity index (χ1n) is 6.89. The molecular weight excluding hydrogens is 232 g/mol. The second-order valence-corrected chi connectivity index (χ2v) is 5.21. The fourth-order valence-corrected chi connectivity index (χ4v) is 2.48. The van der Waals surface area contributed by atoms with Crippen LogP contribution in [-0.2, 0) is 0 Å². The normalized spacial score (nSPS) is 17.5. The number of rotatable bonds is 6. The highest BCUT2D eigenvalue weighted by molar-refractivity contribution is 5.22.